The van der Waals surface area contributed by atoms with Crippen LogP contribution < -0.4 is 10.1 Å². The Morgan fingerprint density at radius 2 is 2.09 bits per heavy atom. The first-order valence-electron chi connectivity index (χ1n) is 7.61. The Morgan fingerprint density at radius 3 is 2.95 bits per heavy atom. The average Bonchev–Trinajstić information content (AvgIpc) is 2.93. The number of hydrogen-bond donors (Lipinski definition) is 2. The van der Waals surface area contributed by atoms with Gasteiger partial charge in [-0.2, -0.15) is 0 Å². The lowest BCUT2D eigenvalue weighted by Crippen LogP contribution is -2.19. The van der Waals surface area contributed by atoms with Crippen molar-refractivity contribution in [1.29, 1.82) is 0 Å². The fraction of sp³-hybridized carbons (Fsp3) is 0.333. The van der Waals surface area contributed by atoms with E-state index in [0.29, 0.717) is 12.6 Å². The van der Waals surface area contributed by atoms with Gasteiger partial charge in [0.2, 0.25) is 0 Å². The Morgan fingerprint density at radius 1 is 1.23 bits per heavy atom. The molecule has 0 heterocycles. The SMILES string of the molecule is OCCOc1ccccc1CN[C@@H]1CCc2cc(Cl)ccc21. The van der Waals surface area contributed by atoms with Gasteiger partial charge in [-0.15, -0.1) is 0 Å². The summed E-state index contributed by atoms with van der Waals surface area (Å²) in [7, 11) is 0. The van der Waals surface area contributed by atoms with Crippen LogP contribution in [-0.2, 0) is 13.0 Å². The predicted molar refractivity (Wildman–Crippen MR) is 88.4 cm³/mol. The average molecular weight is 318 g/mol. The van der Waals surface area contributed by atoms with E-state index in [9.17, 15) is 0 Å². The van der Waals surface area contributed by atoms with Crippen molar-refractivity contribution in [3.63, 3.8) is 0 Å². The predicted octanol–water partition coefficient (Wildman–Crippen LogP) is 3.49. The van der Waals surface area contributed by atoms with Gasteiger partial charge in [-0.1, -0.05) is 35.9 Å². The highest BCUT2D eigenvalue weighted by Crippen LogP contribution is 2.33. The monoisotopic (exact) mass is 317 g/mol. The van der Waals surface area contributed by atoms with Crippen molar-refractivity contribution >= 4 is 11.6 Å². The van der Waals surface area contributed by atoms with Crippen LogP contribution >= 0.6 is 11.6 Å². The number of ether oxygens (including phenoxy) is 1. The molecular formula is C18H20ClNO2. The van der Waals surface area contributed by atoms with Crippen molar-refractivity contribution in [2.45, 2.75) is 25.4 Å². The zero-order valence-corrected chi connectivity index (χ0v) is 13.1. The van der Waals surface area contributed by atoms with Gasteiger partial charge in [-0.05, 0) is 42.2 Å². The summed E-state index contributed by atoms with van der Waals surface area (Å²) < 4.78 is 5.58. The number of aliphatic hydroxyl groups excluding tert-OH is 1. The molecule has 0 unspecified atom stereocenters. The summed E-state index contributed by atoms with van der Waals surface area (Å²) in [6, 6.07) is 14.4. The van der Waals surface area contributed by atoms with E-state index in [1.807, 2.05) is 24.3 Å². The van der Waals surface area contributed by atoms with Crippen molar-refractivity contribution in [3.8, 4) is 5.75 Å². The highest BCUT2D eigenvalue weighted by Gasteiger charge is 2.22. The minimum atomic E-state index is 0.0263. The van der Waals surface area contributed by atoms with Crippen LogP contribution in [0.5, 0.6) is 5.75 Å². The first-order valence-corrected chi connectivity index (χ1v) is 7.99. The zero-order valence-electron chi connectivity index (χ0n) is 12.4. The van der Waals surface area contributed by atoms with Crippen LogP contribution in [0.3, 0.4) is 0 Å². The largest absolute Gasteiger partial charge is 0.491 e. The maximum atomic E-state index is 8.90. The standard InChI is InChI=1S/C18H20ClNO2/c19-15-6-7-16-13(11-15)5-8-17(16)20-12-14-3-1-2-4-18(14)22-10-9-21/h1-4,6-7,11,17,20-21H,5,8-10,12H2/t17-/m1/s1. The van der Waals surface area contributed by atoms with Crippen molar-refractivity contribution in [2.24, 2.45) is 0 Å². The number of hydrogen-bond acceptors (Lipinski definition) is 3. The maximum Gasteiger partial charge on any atom is 0.123 e. The van der Waals surface area contributed by atoms with Gasteiger partial charge in [0.05, 0.1) is 6.61 Å². The van der Waals surface area contributed by atoms with Crippen molar-refractivity contribution in [2.75, 3.05) is 13.2 Å². The topological polar surface area (TPSA) is 41.5 Å². The van der Waals surface area contributed by atoms with Crippen molar-refractivity contribution < 1.29 is 9.84 Å². The molecule has 4 heteroatoms. The highest BCUT2D eigenvalue weighted by molar-refractivity contribution is 6.30. The summed E-state index contributed by atoms with van der Waals surface area (Å²) in [6.07, 6.45) is 2.16. The normalized spacial score (nSPS) is 16.5. The van der Waals surface area contributed by atoms with Crippen molar-refractivity contribution in [3.05, 3.63) is 64.2 Å². The first kappa shape index (κ1) is 15.3. The van der Waals surface area contributed by atoms with Gasteiger partial charge in [0.15, 0.2) is 0 Å². The van der Waals surface area contributed by atoms with E-state index >= 15 is 0 Å². The fourth-order valence-electron chi connectivity index (χ4n) is 2.98. The molecule has 3 nitrogen and oxygen atoms in total. The summed E-state index contributed by atoms with van der Waals surface area (Å²) in [5.41, 5.74) is 3.80. The molecule has 116 valence electrons. The van der Waals surface area contributed by atoms with Gasteiger partial charge in [0.25, 0.3) is 0 Å². The molecule has 22 heavy (non-hydrogen) atoms. The molecule has 2 N–H and O–H groups in total. The number of rotatable bonds is 6. The molecule has 2 aromatic rings. The van der Waals surface area contributed by atoms with Gasteiger partial charge >= 0.3 is 0 Å². The van der Waals surface area contributed by atoms with Crippen LogP contribution in [0.2, 0.25) is 5.02 Å². The molecule has 0 bridgehead atoms. The molecule has 0 saturated carbocycles. The fourth-order valence-corrected chi connectivity index (χ4v) is 3.17. The van der Waals surface area contributed by atoms with E-state index in [1.165, 1.54) is 11.1 Å². The quantitative estimate of drug-likeness (QED) is 0.857. The third-order valence-corrected chi connectivity index (χ3v) is 4.28. The van der Waals surface area contributed by atoms with E-state index in [1.54, 1.807) is 0 Å². The second kappa shape index (κ2) is 7.14. The van der Waals surface area contributed by atoms with E-state index in [0.717, 1.165) is 35.7 Å². The third-order valence-electron chi connectivity index (χ3n) is 4.04. The number of aliphatic hydroxyl groups is 1. The Bertz CT molecular complexity index is 645. The lowest BCUT2D eigenvalue weighted by molar-refractivity contribution is 0.200. The Kier molecular flexibility index (Phi) is 4.98. The lowest BCUT2D eigenvalue weighted by atomic mass is 10.1. The Hall–Kier alpha value is -1.55. The maximum absolute atomic E-state index is 8.90. The molecule has 0 radical (unpaired) electrons. The molecular weight excluding hydrogens is 298 g/mol. The Labute approximate surface area is 135 Å². The van der Waals surface area contributed by atoms with E-state index in [-0.39, 0.29) is 6.61 Å². The molecule has 0 aliphatic heterocycles. The number of aryl methyl sites for hydroxylation is 1. The smallest absolute Gasteiger partial charge is 0.123 e. The molecule has 3 rings (SSSR count). The minimum absolute atomic E-state index is 0.0263. The molecule has 2 aromatic carbocycles. The van der Waals surface area contributed by atoms with E-state index < -0.39 is 0 Å². The number of halogens is 1. The second-order valence-corrected chi connectivity index (χ2v) is 5.93. The van der Waals surface area contributed by atoms with Gasteiger partial charge in [0.1, 0.15) is 12.4 Å². The van der Waals surface area contributed by atoms with Gasteiger partial charge < -0.3 is 15.2 Å². The summed E-state index contributed by atoms with van der Waals surface area (Å²) in [5, 5.41) is 13.3. The van der Waals surface area contributed by atoms with Crippen LogP contribution in [0, 0.1) is 0 Å². The third kappa shape index (κ3) is 3.43. The molecule has 0 aromatic heterocycles. The van der Waals surface area contributed by atoms with E-state index in [4.69, 9.17) is 21.4 Å². The summed E-state index contributed by atoms with van der Waals surface area (Å²) >= 11 is 6.06. The lowest BCUT2D eigenvalue weighted by Gasteiger charge is -2.16. The van der Waals surface area contributed by atoms with Gasteiger partial charge in [-0.25, -0.2) is 0 Å². The van der Waals surface area contributed by atoms with Crippen LogP contribution in [0.25, 0.3) is 0 Å². The van der Waals surface area contributed by atoms with Crippen LogP contribution in [0.4, 0.5) is 0 Å². The molecule has 1 aliphatic carbocycles. The number of nitrogens with one attached hydrogen (secondary N) is 1. The van der Waals surface area contributed by atoms with Crippen LogP contribution in [0.15, 0.2) is 42.5 Å². The van der Waals surface area contributed by atoms with Crippen LogP contribution in [0.1, 0.15) is 29.2 Å². The first-order chi connectivity index (χ1) is 10.8. The minimum Gasteiger partial charge on any atom is -0.491 e. The summed E-state index contributed by atoms with van der Waals surface area (Å²) in [6.45, 7) is 1.09. The van der Waals surface area contributed by atoms with E-state index in [2.05, 4.69) is 23.5 Å². The number of fused-ring (bicyclic) bond motifs is 1. The molecule has 0 fully saturated rings. The molecule has 0 spiro atoms. The second-order valence-electron chi connectivity index (χ2n) is 5.50. The molecule has 0 saturated heterocycles. The molecule has 1 aliphatic rings. The van der Waals surface area contributed by atoms with Gasteiger partial charge in [0, 0.05) is 23.2 Å². The zero-order chi connectivity index (χ0) is 15.4. The summed E-state index contributed by atoms with van der Waals surface area (Å²) in [5.74, 6) is 0.832. The number of benzene rings is 2. The highest BCUT2D eigenvalue weighted by atomic mass is 35.5. The number of para-hydroxylation sites is 1. The van der Waals surface area contributed by atoms with Crippen molar-refractivity contribution in [1.82, 2.24) is 5.32 Å². The molecule has 0 amide bonds. The molecule has 1 atom stereocenters. The van der Waals surface area contributed by atoms with Crippen LogP contribution in [-0.4, -0.2) is 18.3 Å². The Balaban J connectivity index is 1.67. The van der Waals surface area contributed by atoms with Gasteiger partial charge in [-0.3, -0.25) is 0 Å². The summed E-state index contributed by atoms with van der Waals surface area (Å²) in [4.78, 5) is 0.